The fourth-order valence-electron chi connectivity index (χ4n) is 1.17. The van der Waals surface area contributed by atoms with Crippen LogP contribution in [0.5, 0.6) is 0 Å². The minimum atomic E-state index is -1.28. The van der Waals surface area contributed by atoms with Crippen LogP contribution in [0.15, 0.2) is 18.2 Å². The van der Waals surface area contributed by atoms with Gasteiger partial charge in [0.15, 0.2) is 0 Å². The molecule has 1 aromatic carbocycles. The number of amides is 1. The second-order valence-electron chi connectivity index (χ2n) is 4.88. The maximum Gasteiger partial charge on any atom is 0.237 e. The van der Waals surface area contributed by atoms with Crippen LogP contribution in [-0.4, -0.2) is 20.6 Å². The molecule has 100 valence electrons. The average molecular weight is 272 g/mol. The Balaban J connectivity index is 2.68. The molecule has 0 fully saturated rings. The third-order valence-corrected chi connectivity index (χ3v) is 4.12. The Morgan fingerprint density at radius 3 is 2.56 bits per heavy atom. The lowest BCUT2D eigenvalue weighted by Gasteiger charge is -2.17. The molecule has 1 rings (SSSR count). The number of nitrogens with two attached hydrogens (primary N) is 1. The van der Waals surface area contributed by atoms with Gasteiger partial charge in [-0.15, -0.1) is 0 Å². The van der Waals surface area contributed by atoms with E-state index in [1.165, 1.54) is 12.1 Å². The van der Waals surface area contributed by atoms with E-state index in [1.807, 2.05) is 0 Å². The highest BCUT2D eigenvalue weighted by Gasteiger charge is 2.22. The molecule has 0 bridgehead atoms. The van der Waals surface area contributed by atoms with Gasteiger partial charge in [0.2, 0.25) is 5.91 Å². The molecule has 0 aromatic heterocycles. The Kier molecular flexibility index (Phi) is 4.45. The second kappa shape index (κ2) is 5.48. The number of carbonyl (C=O) groups excluding carboxylic acids is 1. The van der Waals surface area contributed by atoms with Gasteiger partial charge in [-0.2, -0.15) is 0 Å². The van der Waals surface area contributed by atoms with Crippen LogP contribution in [0.4, 0.5) is 15.8 Å². The van der Waals surface area contributed by atoms with Crippen LogP contribution in [0.3, 0.4) is 0 Å². The third kappa shape index (κ3) is 4.10. The molecule has 3 N–H and O–H groups in total. The van der Waals surface area contributed by atoms with Crippen molar-refractivity contribution in [3.05, 3.63) is 24.0 Å². The first-order valence-corrected chi connectivity index (χ1v) is 6.75. The first-order valence-electron chi connectivity index (χ1n) is 5.43. The Bertz CT molecular complexity index is 483. The minimum absolute atomic E-state index is 0.111. The average Bonchev–Trinajstić information content (AvgIpc) is 2.20. The summed E-state index contributed by atoms with van der Waals surface area (Å²) in [5.74, 6) is -0.981. The van der Waals surface area contributed by atoms with Crippen molar-refractivity contribution in [2.45, 2.75) is 25.5 Å². The lowest BCUT2D eigenvalue weighted by atomic mass is 10.2. The molecule has 6 heteroatoms. The van der Waals surface area contributed by atoms with Crippen molar-refractivity contribution in [3.8, 4) is 0 Å². The third-order valence-electron chi connectivity index (χ3n) is 2.23. The van der Waals surface area contributed by atoms with Crippen LogP contribution < -0.4 is 11.1 Å². The molecular formula is C12H17FN2O2S. The zero-order chi connectivity index (χ0) is 13.9. The first-order chi connectivity index (χ1) is 8.20. The predicted molar refractivity (Wildman–Crippen MR) is 72.2 cm³/mol. The summed E-state index contributed by atoms with van der Waals surface area (Å²) in [5, 5.41) is 2.52. The highest BCUT2D eigenvalue weighted by Crippen LogP contribution is 2.19. The molecule has 0 spiro atoms. The Morgan fingerprint density at radius 2 is 2.06 bits per heavy atom. The van der Waals surface area contributed by atoms with Crippen molar-refractivity contribution in [1.29, 1.82) is 0 Å². The largest absolute Gasteiger partial charge is 0.397 e. The van der Waals surface area contributed by atoms with Crippen molar-refractivity contribution >= 4 is 28.1 Å². The van der Waals surface area contributed by atoms with Crippen LogP contribution in [-0.2, 0) is 15.6 Å². The highest BCUT2D eigenvalue weighted by atomic mass is 32.2. The fourth-order valence-corrected chi connectivity index (χ4v) is 1.91. The van der Waals surface area contributed by atoms with Crippen LogP contribution in [0, 0.1) is 5.82 Å². The number of carbonyl (C=O) groups is 1. The Morgan fingerprint density at radius 1 is 1.44 bits per heavy atom. The van der Waals surface area contributed by atoms with Crippen molar-refractivity contribution in [2.24, 2.45) is 0 Å². The van der Waals surface area contributed by atoms with Gasteiger partial charge in [-0.05, 0) is 39.0 Å². The van der Waals surface area contributed by atoms with Crippen LogP contribution >= 0.6 is 0 Å². The molecule has 1 aromatic rings. The predicted octanol–water partition coefficient (Wildman–Crippen LogP) is 1.89. The lowest BCUT2D eigenvalue weighted by Crippen LogP contribution is -2.30. The summed E-state index contributed by atoms with van der Waals surface area (Å²) in [4.78, 5) is 11.7. The number of hydrogen-bond donors (Lipinski definition) is 2. The van der Waals surface area contributed by atoms with E-state index in [0.29, 0.717) is 5.69 Å². The molecule has 0 saturated heterocycles. The first kappa shape index (κ1) is 14.6. The number of nitrogens with one attached hydrogen (secondary N) is 1. The molecular weight excluding hydrogens is 255 g/mol. The summed E-state index contributed by atoms with van der Waals surface area (Å²) in [5.41, 5.74) is 6.03. The van der Waals surface area contributed by atoms with E-state index in [2.05, 4.69) is 5.32 Å². The van der Waals surface area contributed by atoms with Crippen molar-refractivity contribution < 1.29 is 13.4 Å². The number of nitrogen functional groups attached to an aromatic ring is 1. The molecule has 0 radical (unpaired) electrons. The number of benzene rings is 1. The topological polar surface area (TPSA) is 72.2 Å². The van der Waals surface area contributed by atoms with Crippen molar-refractivity contribution in [2.75, 3.05) is 16.8 Å². The minimum Gasteiger partial charge on any atom is -0.397 e. The summed E-state index contributed by atoms with van der Waals surface area (Å²) in [7, 11) is -1.28. The van der Waals surface area contributed by atoms with Gasteiger partial charge in [0.1, 0.15) is 11.6 Å². The standard InChI is InChI=1S/C12H17FN2O2S/c1-12(2,3)18(17)7-11(16)15-10-5-4-8(13)6-9(10)14/h4-6H,7,14H2,1-3H3,(H,15,16). The maximum atomic E-state index is 12.8. The van der Waals surface area contributed by atoms with Crippen LogP contribution in [0.25, 0.3) is 0 Å². The summed E-state index contributed by atoms with van der Waals surface area (Å²) in [6.45, 7) is 5.38. The summed E-state index contributed by atoms with van der Waals surface area (Å²) >= 11 is 0. The van der Waals surface area contributed by atoms with Crippen molar-refractivity contribution in [3.63, 3.8) is 0 Å². The van der Waals surface area contributed by atoms with Gasteiger partial charge in [-0.1, -0.05) is 0 Å². The maximum absolute atomic E-state index is 12.8. The van der Waals surface area contributed by atoms with Gasteiger partial charge in [0.25, 0.3) is 0 Å². The zero-order valence-electron chi connectivity index (χ0n) is 10.6. The Hall–Kier alpha value is -1.43. The molecule has 0 saturated carbocycles. The molecule has 1 atom stereocenters. The van der Waals surface area contributed by atoms with E-state index in [1.54, 1.807) is 20.8 Å². The summed E-state index contributed by atoms with van der Waals surface area (Å²) in [6.07, 6.45) is 0. The van der Waals surface area contributed by atoms with E-state index >= 15 is 0 Å². The lowest BCUT2D eigenvalue weighted by molar-refractivity contribution is -0.113. The van der Waals surface area contributed by atoms with Gasteiger partial charge >= 0.3 is 0 Å². The smallest absolute Gasteiger partial charge is 0.237 e. The number of anilines is 2. The quantitative estimate of drug-likeness (QED) is 0.825. The molecule has 18 heavy (non-hydrogen) atoms. The Labute approximate surface area is 108 Å². The number of halogens is 1. The molecule has 1 amide bonds. The molecule has 0 aliphatic heterocycles. The monoisotopic (exact) mass is 272 g/mol. The van der Waals surface area contributed by atoms with Crippen molar-refractivity contribution in [1.82, 2.24) is 0 Å². The van der Waals surface area contributed by atoms with Gasteiger partial charge in [-0.3, -0.25) is 9.00 Å². The second-order valence-corrected chi connectivity index (χ2v) is 7.09. The molecule has 0 aliphatic rings. The van der Waals surface area contributed by atoms with Crippen LogP contribution in [0.1, 0.15) is 20.8 Å². The number of hydrogen-bond acceptors (Lipinski definition) is 3. The fraction of sp³-hybridized carbons (Fsp3) is 0.417. The van der Waals surface area contributed by atoms with E-state index in [0.717, 1.165) is 6.07 Å². The van der Waals surface area contributed by atoms with Gasteiger partial charge in [-0.25, -0.2) is 4.39 Å². The van der Waals surface area contributed by atoms with E-state index in [-0.39, 0.29) is 11.4 Å². The summed E-state index contributed by atoms with van der Waals surface area (Å²) < 4.78 is 24.1. The molecule has 1 unspecified atom stereocenters. The summed E-state index contributed by atoms with van der Waals surface area (Å²) in [6, 6.07) is 3.70. The van der Waals surface area contributed by atoms with E-state index in [4.69, 9.17) is 5.73 Å². The normalized spacial score (nSPS) is 13.1. The van der Waals surface area contributed by atoms with Gasteiger partial charge < -0.3 is 11.1 Å². The SMILES string of the molecule is CC(C)(C)S(=O)CC(=O)Nc1ccc(F)cc1N. The number of rotatable bonds is 3. The van der Waals surface area contributed by atoms with Crippen LogP contribution in [0.2, 0.25) is 0 Å². The molecule has 0 heterocycles. The van der Waals surface area contributed by atoms with Gasteiger partial charge in [0, 0.05) is 15.5 Å². The van der Waals surface area contributed by atoms with E-state index < -0.39 is 27.3 Å². The zero-order valence-corrected chi connectivity index (χ0v) is 11.4. The van der Waals surface area contributed by atoms with E-state index in [9.17, 15) is 13.4 Å². The highest BCUT2D eigenvalue weighted by molar-refractivity contribution is 7.87. The molecule has 0 aliphatic carbocycles. The van der Waals surface area contributed by atoms with Gasteiger partial charge in [0.05, 0.1) is 11.4 Å². The molecule has 4 nitrogen and oxygen atoms in total.